The number of amides is 1. The number of alkyl carbamates (subject to hydrolysis) is 1. The van der Waals surface area contributed by atoms with Crippen molar-refractivity contribution in [1.82, 2.24) is 10.3 Å². The van der Waals surface area contributed by atoms with E-state index in [0.29, 0.717) is 18.5 Å². The standard InChI is InChI=1S/C22H30ClN3O2/c1-14-5-8-16-9-12-18(26-20(16)19(14)23)25-17-10-6-15(7-11-17)13-24-21(27)28-22(2,3)4/h5,8-9,12,15,17H,6-7,10-11,13H2,1-4H3,(H,24,27)(H,25,26). The molecule has 1 amide bonds. The smallest absolute Gasteiger partial charge is 0.407 e. The minimum atomic E-state index is -0.458. The van der Waals surface area contributed by atoms with Gasteiger partial charge in [0.05, 0.1) is 10.5 Å². The van der Waals surface area contributed by atoms with E-state index in [1.807, 2.05) is 39.8 Å². The number of fused-ring (bicyclic) bond motifs is 1. The van der Waals surface area contributed by atoms with Gasteiger partial charge in [-0.05, 0) is 77.0 Å². The monoisotopic (exact) mass is 403 g/mol. The van der Waals surface area contributed by atoms with E-state index < -0.39 is 5.60 Å². The third-order valence-corrected chi connectivity index (χ3v) is 5.60. The molecule has 2 aromatic rings. The first kappa shape index (κ1) is 20.7. The molecule has 0 bridgehead atoms. The molecule has 1 fully saturated rings. The summed E-state index contributed by atoms with van der Waals surface area (Å²) in [5, 5.41) is 8.23. The van der Waals surface area contributed by atoms with Gasteiger partial charge in [0.25, 0.3) is 0 Å². The molecule has 1 aliphatic rings. The van der Waals surface area contributed by atoms with Crippen molar-refractivity contribution in [1.29, 1.82) is 0 Å². The first-order chi connectivity index (χ1) is 13.2. The summed E-state index contributed by atoms with van der Waals surface area (Å²) in [6.07, 6.45) is 3.92. The van der Waals surface area contributed by atoms with Crippen molar-refractivity contribution in [2.75, 3.05) is 11.9 Å². The molecule has 1 aromatic carbocycles. The molecule has 6 heteroatoms. The number of pyridine rings is 1. The predicted molar refractivity (Wildman–Crippen MR) is 115 cm³/mol. The van der Waals surface area contributed by atoms with Crippen molar-refractivity contribution in [2.24, 2.45) is 5.92 Å². The van der Waals surface area contributed by atoms with Gasteiger partial charge in [0.1, 0.15) is 11.4 Å². The summed E-state index contributed by atoms with van der Waals surface area (Å²) in [5.74, 6) is 1.36. The summed E-state index contributed by atoms with van der Waals surface area (Å²) in [7, 11) is 0. The number of aromatic nitrogens is 1. The Balaban J connectivity index is 1.50. The zero-order valence-corrected chi connectivity index (χ0v) is 17.9. The highest BCUT2D eigenvalue weighted by molar-refractivity contribution is 6.35. The Bertz CT molecular complexity index is 840. The van der Waals surface area contributed by atoms with Crippen molar-refractivity contribution >= 4 is 34.4 Å². The van der Waals surface area contributed by atoms with Crippen LogP contribution in [0.1, 0.15) is 52.0 Å². The normalized spacial score (nSPS) is 20.0. The van der Waals surface area contributed by atoms with Gasteiger partial charge in [0.2, 0.25) is 0 Å². The summed E-state index contributed by atoms with van der Waals surface area (Å²) < 4.78 is 5.30. The van der Waals surface area contributed by atoms with Crippen LogP contribution in [0, 0.1) is 12.8 Å². The number of nitrogens with one attached hydrogen (secondary N) is 2. The van der Waals surface area contributed by atoms with Crippen LogP contribution in [0.2, 0.25) is 5.02 Å². The number of aryl methyl sites for hydroxylation is 1. The molecule has 0 unspecified atom stereocenters. The molecular formula is C22H30ClN3O2. The second-order valence-corrected chi connectivity index (χ2v) is 9.09. The highest BCUT2D eigenvalue weighted by Crippen LogP contribution is 2.29. The van der Waals surface area contributed by atoms with Crippen molar-refractivity contribution < 1.29 is 9.53 Å². The molecule has 0 saturated heterocycles. The van der Waals surface area contributed by atoms with E-state index in [9.17, 15) is 4.79 Å². The first-order valence-corrected chi connectivity index (χ1v) is 10.4. The number of hydrogen-bond donors (Lipinski definition) is 2. The molecule has 28 heavy (non-hydrogen) atoms. The van der Waals surface area contributed by atoms with Crippen LogP contribution in [0.15, 0.2) is 24.3 Å². The zero-order chi connectivity index (χ0) is 20.3. The minimum absolute atomic E-state index is 0.333. The van der Waals surface area contributed by atoms with Crippen molar-refractivity contribution in [3.63, 3.8) is 0 Å². The van der Waals surface area contributed by atoms with Crippen LogP contribution in [-0.2, 0) is 4.74 Å². The summed E-state index contributed by atoms with van der Waals surface area (Å²) in [6, 6.07) is 8.55. The number of benzene rings is 1. The van der Waals surface area contributed by atoms with Gasteiger partial charge < -0.3 is 15.4 Å². The lowest BCUT2D eigenvalue weighted by molar-refractivity contribution is 0.0515. The van der Waals surface area contributed by atoms with Crippen LogP contribution >= 0.6 is 11.6 Å². The molecule has 1 aliphatic carbocycles. The van der Waals surface area contributed by atoms with Gasteiger partial charge in [0.15, 0.2) is 0 Å². The second-order valence-electron chi connectivity index (χ2n) is 8.71. The fourth-order valence-corrected chi connectivity index (χ4v) is 3.81. The van der Waals surface area contributed by atoms with Gasteiger partial charge in [-0.2, -0.15) is 0 Å². The molecule has 0 aliphatic heterocycles. The minimum Gasteiger partial charge on any atom is -0.444 e. The molecule has 2 N–H and O–H groups in total. The molecule has 1 saturated carbocycles. The fraction of sp³-hybridized carbons (Fsp3) is 0.545. The molecule has 1 aromatic heterocycles. The molecule has 1 heterocycles. The lowest BCUT2D eigenvalue weighted by Gasteiger charge is -2.30. The topological polar surface area (TPSA) is 63.2 Å². The van der Waals surface area contributed by atoms with Crippen LogP contribution in [0.5, 0.6) is 0 Å². The number of carbonyl (C=O) groups excluding carboxylic acids is 1. The molecule has 0 radical (unpaired) electrons. The maximum Gasteiger partial charge on any atom is 0.407 e. The molecule has 0 spiro atoms. The molecular weight excluding hydrogens is 374 g/mol. The van der Waals surface area contributed by atoms with E-state index >= 15 is 0 Å². The summed E-state index contributed by atoms with van der Waals surface area (Å²) in [5.41, 5.74) is 1.43. The maximum atomic E-state index is 11.8. The maximum absolute atomic E-state index is 11.8. The van der Waals surface area contributed by atoms with E-state index in [-0.39, 0.29) is 6.09 Å². The third kappa shape index (κ3) is 5.51. The summed E-state index contributed by atoms with van der Waals surface area (Å²) >= 11 is 6.43. The van der Waals surface area contributed by atoms with Crippen LogP contribution in [0.4, 0.5) is 10.6 Å². The molecule has 5 nitrogen and oxygen atoms in total. The number of ether oxygens (including phenoxy) is 1. The Hall–Kier alpha value is -2.01. The first-order valence-electron chi connectivity index (χ1n) is 10.0. The van der Waals surface area contributed by atoms with Crippen molar-refractivity contribution in [2.45, 2.75) is 65.0 Å². The van der Waals surface area contributed by atoms with E-state index in [1.165, 1.54) is 0 Å². The molecule has 0 atom stereocenters. The van der Waals surface area contributed by atoms with Gasteiger partial charge in [-0.25, -0.2) is 9.78 Å². The third-order valence-electron chi connectivity index (χ3n) is 5.13. The van der Waals surface area contributed by atoms with E-state index in [0.717, 1.165) is 53.0 Å². The Morgan fingerprint density at radius 2 is 1.86 bits per heavy atom. The lowest BCUT2D eigenvalue weighted by Crippen LogP contribution is -2.37. The SMILES string of the molecule is Cc1ccc2ccc(NC3CCC(CNC(=O)OC(C)(C)C)CC3)nc2c1Cl. The fourth-order valence-electron chi connectivity index (χ4n) is 3.60. The highest BCUT2D eigenvalue weighted by atomic mass is 35.5. The van der Waals surface area contributed by atoms with E-state index in [1.54, 1.807) is 0 Å². The average Bonchev–Trinajstić information content (AvgIpc) is 2.63. The number of anilines is 1. The molecule has 152 valence electrons. The van der Waals surface area contributed by atoms with Crippen LogP contribution in [0.3, 0.4) is 0 Å². The largest absolute Gasteiger partial charge is 0.444 e. The van der Waals surface area contributed by atoms with Gasteiger partial charge in [-0.15, -0.1) is 0 Å². The number of halogens is 1. The Kier molecular flexibility index (Phi) is 6.33. The van der Waals surface area contributed by atoms with E-state index in [4.69, 9.17) is 21.3 Å². The predicted octanol–water partition coefficient (Wildman–Crippen LogP) is 5.69. The Morgan fingerprint density at radius 3 is 2.54 bits per heavy atom. The van der Waals surface area contributed by atoms with Crippen LogP contribution in [0.25, 0.3) is 10.9 Å². The van der Waals surface area contributed by atoms with Crippen LogP contribution in [-0.4, -0.2) is 29.3 Å². The average molecular weight is 404 g/mol. The zero-order valence-electron chi connectivity index (χ0n) is 17.1. The number of carbonyl (C=O) groups is 1. The lowest BCUT2D eigenvalue weighted by atomic mass is 9.86. The molecule has 3 rings (SSSR count). The van der Waals surface area contributed by atoms with Gasteiger partial charge >= 0.3 is 6.09 Å². The van der Waals surface area contributed by atoms with Gasteiger partial charge in [0, 0.05) is 18.0 Å². The Labute approximate surface area is 172 Å². The van der Waals surface area contributed by atoms with Crippen molar-refractivity contribution in [3.05, 3.63) is 34.9 Å². The van der Waals surface area contributed by atoms with Gasteiger partial charge in [-0.3, -0.25) is 0 Å². The summed E-state index contributed by atoms with van der Waals surface area (Å²) in [4.78, 5) is 16.5. The second kappa shape index (κ2) is 8.56. The van der Waals surface area contributed by atoms with Gasteiger partial charge in [-0.1, -0.05) is 23.7 Å². The van der Waals surface area contributed by atoms with Crippen LogP contribution < -0.4 is 10.6 Å². The Morgan fingerprint density at radius 1 is 1.18 bits per heavy atom. The quantitative estimate of drug-likeness (QED) is 0.688. The number of hydrogen-bond acceptors (Lipinski definition) is 4. The van der Waals surface area contributed by atoms with Crippen molar-refractivity contribution in [3.8, 4) is 0 Å². The summed E-state index contributed by atoms with van der Waals surface area (Å²) in [6.45, 7) is 8.29. The number of nitrogens with zero attached hydrogens (tertiary/aromatic N) is 1. The number of rotatable bonds is 4. The highest BCUT2D eigenvalue weighted by Gasteiger charge is 2.23. The van der Waals surface area contributed by atoms with E-state index in [2.05, 4.69) is 22.8 Å².